The molecule has 3 rings (SSSR count). The molecule has 0 spiro atoms. The lowest BCUT2D eigenvalue weighted by atomic mass is 9.88. The minimum atomic E-state index is -1.24. The number of hydrazone groups is 1. The van der Waals surface area contributed by atoms with Crippen molar-refractivity contribution in [3.63, 3.8) is 0 Å². The number of rotatable bonds is 7. The predicted molar refractivity (Wildman–Crippen MR) is 137 cm³/mol. The number of aryl methyl sites for hydroxylation is 1. The molecule has 2 aromatic rings. The third-order valence-corrected chi connectivity index (χ3v) is 5.20. The van der Waals surface area contributed by atoms with Crippen molar-refractivity contribution in [3.8, 4) is 11.1 Å². The zero-order valence-electron chi connectivity index (χ0n) is 20.7. The molecule has 1 aliphatic rings. The molecule has 0 saturated carbocycles. The van der Waals surface area contributed by atoms with Crippen LogP contribution < -0.4 is 5.32 Å². The minimum absolute atomic E-state index is 0.124. The van der Waals surface area contributed by atoms with Gasteiger partial charge in [-0.1, -0.05) is 57.5 Å². The number of aliphatic hydroxyl groups is 1. The molecule has 0 saturated heterocycles. The summed E-state index contributed by atoms with van der Waals surface area (Å²) in [6.45, 7) is 8.84. The van der Waals surface area contributed by atoms with Crippen molar-refractivity contribution in [2.75, 3.05) is 6.54 Å². The van der Waals surface area contributed by atoms with E-state index in [0.717, 1.165) is 30.0 Å². The van der Waals surface area contributed by atoms with Crippen LogP contribution in [0.2, 0.25) is 0 Å². The largest absolute Gasteiger partial charge is 0.505 e. The quantitative estimate of drug-likeness (QED) is 0.448. The molecule has 0 atom stereocenters. The Morgan fingerprint density at radius 1 is 1.11 bits per heavy atom. The van der Waals surface area contributed by atoms with Gasteiger partial charge in [-0.05, 0) is 49.1 Å². The number of aliphatic hydroxyl groups excluding tert-OH is 1. The number of carbonyl (C=O) groups excluding carboxylic acids is 1. The molecular weight excluding hydrogens is 449 g/mol. The van der Waals surface area contributed by atoms with Gasteiger partial charge in [0.2, 0.25) is 0 Å². The van der Waals surface area contributed by atoms with Gasteiger partial charge >= 0.3 is 5.97 Å². The Morgan fingerprint density at radius 3 is 2.29 bits per heavy atom. The first-order valence-corrected chi connectivity index (χ1v) is 11.6. The van der Waals surface area contributed by atoms with Crippen LogP contribution in [0.4, 0.5) is 4.39 Å². The molecule has 2 aromatic carbocycles. The number of benzene rings is 2. The van der Waals surface area contributed by atoms with Crippen molar-refractivity contribution in [3.05, 3.63) is 70.7 Å². The summed E-state index contributed by atoms with van der Waals surface area (Å²) >= 11 is 0. The topological polar surface area (TPSA) is 102 Å². The van der Waals surface area contributed by atoms with Crippen LogP contribution in [0.1, 0.15) is 57.7 Å². The summed E-state index contributed by atoms with van der Waals surface area (Å²) in [7, 11) is 0. The Balaban J connectivity index is 0.00000210. The fourth-order valence-corrected chi connectivity index (χ4v) is 3.84. The van der Waals surface area contributed by atoms with Gasteiger partial charge in [-0.3, -0.25) is 9.59 Å². The first kappa shape index (κ1) is 27.3. The first-order chi connectivity index (χ1) is 16.8. The van der Waals surface area contributed by atoms with Gasteiger partial charge in [0.05, 0.1) is 5.70 Å². The normalized spacial score (nSPS) is 14.0. The van der Waals surface area contributed by atoms with E-state index in [-0.39, 0.29) is 11.3 Å². The van der Waals surface area contributed by atoms with Crippen LogP contribution in [0.15, 0.2) is 53.3 Å². The molecule has 0 unspecified atom stereocenters. The zero-order chi connectivity index (χ0) is 26.1. The van der Waals surface area contributed by atoms with E-state index in [1.165, 1.54) is 17.3 Å². The summed E-state index contributed by atoms with van der Waals surface area (Å²) in [4.78, 5) is 23.7. The number of allylic oxidation sites excluding steroid dienone is 1. The number of hydrogen-bond donors (Lipinski definition) is 3. The number of carboxylic acids is 1. The average molecular weight is 482 g/mol. The number of nitrogens with one attached hydrogen (secondary N) is 1. The van der Waals surface area contributed by atoms with Gasteiger partial charge < -0.3 is 15.5 Å². The van der Waals surface area contributed by atoms with E-state index in [1.807, 2.05) is 38.1 Å². The summed E-state index contributed by atoms with van der Waals surface area (Å²) in [6, 6.07) is 10.3. The number of aliphatic carboxylic acids is 1. The van der Waals surface area contributed by atoms with Crippen LogP contribution in [0.3, 0.4) is 0 Å². The third-order valence-electron chi connectivity index (χ3n) is 5.20. The molecule has 0 aromatic heterocycles. The molecule has 1 heterocycles. The SMILES string of the molecule is C/C=N\N1C(C(=O)NCC(=O)O)=C(O)c2cc(F)cc(-c3ccc(CCC)cc3)c2/C1=C\C.CC. The van der Waals surface area contributed by atoms with Crippen molar-refractivity contribution in [1.29, 1.82) is 0 Å². The molecule has 0 fully saturated rings. The van der Waals surface area contributed by atoms with Gasteiger partial charge in [0.1, 0.15) is 12.4 Å². The highest BCUT2D eigenvalue weighted by molar-refractivity contribution is 6.06. The summed E-state index contributed by atoms with van der Waals surface area (Å²) in [5.41, 5.74) is 3.25. The number of nitrogens with zero attached hydrogens (tertiary/aromatic N) is 2. The lowest BCUT2D eigenvalue weighted by Gasteiger charge is -2.32. The maximum absolute atomic E-state index is 14.7. The van der Waals surface area contributed by atoms with Gasteiger partial charge in [0.15, 0.2) is 11.5 Å². The van der Waals surface area contributed by atoms with Crippen molar-refractivity contribution in [1.82, 2.24) is 10.3 Å². The molecule has 1 aliphatic heterocycles. The standard InChI is InChI=1S/C25H26FN3O4.C2H6/c1-4-7-15-8-10-16(11-9-15)18-12-17(26)13-19-22(18)20(5-2)29(28-6-3)23(24(19)32)25(33)27-14-21(30)31;1-2/h5-6,8-13,32H,4,7,14H2,1-3H3,(H,27,33)(H,30,31);1-2H3/b20-5+,28-6-;. The highest BCUT2D eigenvalue weighted by atomic mass is 19.1. The maximum atomic E-state index is 14.7. The van der Waals surface area contributed by atoms with Crippen molar-refractivity contribution < 1.29 is 24.2 Å². The molecule has 7 nitrogen and oxygen atoms in total. The van der Waals surface area contributed by atoms with Crippen LogP contribution in [0.5, 0.6) is 0 Å². The van der Waals surface area contributed by atoms with Crippen LogP contribution in [-0.4, -0.2) is 39.9 Å². The second-order valence-corrected chi connectivity index (χ2v) is 7.46. The molecule has 0 bridgehead atoms. The minimum Gasteiger partial charge on any atom is -0.505 e. The second-order valence-electron chi connectivity index (χ2n) is 7.46. The number of fused-ring (bicyclic) bond motifs is 1. The number of hydrogen-bond acceptors (Lipinski definition) is 5. The van der Waals surface area contributed by atoms with Crippen LogP contribution >= 0.6 is 0 Å². The highest BCUT2D eigenvalue weighted by Crippen LogP contribution is 2.43. The van der Waals surface area contributed by atoms with Crippen molar-refractivity contribution >= 4 is 29.5 Å². The molecule has 1 amide bonds. The Hall–Kier alpha value is -3.94. The Morgan fingerprint density at radius 2 is 1.74 bits per heavy atom. The van der Waals surface area contributed by atoms with Gasteiger partial charge in [0.25, 0.3) is 5.91 Å². The number of carboxylic acid groups (broad SMARTS) is 1. The lowest BCUT2D eigenvalue weighted by Crippen LogP contribution is -2.37. The predicted octanol–water partition coefficient (Wildman–Crippen LogP) is 5.58. The van der Waals surface area contributed by atoms with Crippen molar-refractivity contribution in [2.24, 2.45) is 5.10 Å². The van der Waals surface area contributed by atoms with Gasteiger partial charge in [-0.15, -0.1) is 0 Å². The van der Waals surface area contributed by atoms with E-state index < -0.39 is 30.0 Å². The number of amides is 1. The van der Waals surface area contributed by atoms with Crippen LogP contribution in [-0.2, 0) is 16.0 Å². The van der Waals surface area contributed by atoms with E-state index in [9.17, 15) is 19.1 Å². The van der Waals surface area contributed by atoms with Gasteiger partial charge in [-0.25, -0.2) is 9.40 Å². The Bertz CT molecular complexity index is 1170. The molecule has 0 radical (unpaired) electrons. The van der Waals surface area contributed by atoms with Gasteiger partial charge in [-0.2, -0.15) is 5.10 Å². The molecule has 35 heavy (non-hydrogen) atoms. The maximum Gasteiger partial charge on any atom is 0.322 e. The molecule has 0 aliphatic carbocycles. The smallest absolute Gasteiger partial charge is 0.322 e. The summed E-state index contributed by atoms with van der Waals surface area (Å²) in [5, 5.41) is 27.6. The van der Waals surface area contributed by atoms with Crippen LogP contribution in [0, 0.1) is 5.82 Å². The Kier molecular flexibility index (Phi) is 9.75. The molecule has 3 N–H and O–H groups in total. The summed E-state index contributed by atoms with van der Waals surface area (Å²) in [6.07, 6.45) is 5.08. The molecule has 8 heteroatoms. The first-order valence-electron chi connectivity index (χ1n) is 11.6. The summed E-state index contributed by atoms with van der Waals surface area (Å²) < 4.78 is 14.7. The van der Waals surface area contributed by atoms with E-state index in [4.69, 9.17) is 5.11 Å². The zero-order valence-corrected chi connectivity index (χ0v) is 20.7. The third kappa shape index (κ3) is 5.95. The van der Waals surface area contributed by atoms with E-state index in [1.54, 1.807) is 19.9 Å². The van der Waals surface area contributed by atoms with Gasteiger partial charge in [0, 0.05) is 17.3 Å². The Labute approximate surface area is 205 Å². The number of carbonyl (C=O) groups is 2. The van der Waals surface area contributed by atoms with E-state index >= 15 is 0 Å². The van der Waals surface area contributed by atoms with Crippen LogP contribution in [0.25, 0.3) is 22.6 Å². The summed E-state index contributed by atoms with van der Waals surface area (Å²) in [5.74, 6) is -3.16. The average Bonchev–Trinajstić information content (AvgIpc) is 2.85. The lowest BCUT2D eigenvalue weighted by molar-refractivity contribution is -0.137. The second kappa shape index (κ2) is 12.5. The molecular formula is C27H32FN3O4. The fraction of sp³-hybridized carbons (Fsp3) is 0.296. The number of halogens is 1. The van der Waals surface area contributed by atoms with Crippen molar-refractivity contribution in [2.45, 2.75) is 47.5 Å². The molecule has 186 valence electrons. The van der Waals surface area contributed by atoms with E-state index in [2.05, 4.69) is 17.3 Å². The monoisotopic (exact) mass is 481 g/mol. The fourth-order valence-electron chi connectivity index (χ4n) is 3.84. The highest BCUT2D eigenvalue weighted by Gasteiger charge is 2.35. The van der Waals surface area contributed by atoms with E-state index in [0.29, 0.717) is 16.8 Å².